The molecule has 1 N–H and O–H groups in total. The molecular formula is C34H39BrN6O4. The molecule has 4 aromatic rings. The zero-order valence-electron chi connectivity index (χ0n) is 25.7. The monoisotopic (exact) mass is 674 g/mol. The first kappa shape index (κ1) is 33.8. The van der Waals surface area contributed by atoms with Crippen LogP contribution < -0.4 is 5.32 Å². The van der Waals surface area contributed by atoms with Crippen LogP contribution in [-0.2, 0) is 21.3 Å². The zero-order valence-corrected chi connectivity index (χ0v) is 27.3. The Bertz CT molecular complexity index is 1510. The van der Waals surface area contributed by atoms with Crippen molar-refractivity contribution in [1.29, 1.82) is 0 Å². The van der Waals surface area contributed by atoms with E-state index in [9.17, 15) is 9.59 Å². The number of alkyl halides is 1. The van der Waals surface area contributed by atoms with Gasteiger partial charge >= 0.3 is 11.9 Å². The predicted octanol–water partition coefficient (Wildman–Crippen LogP) is 5.72. The molecule has 0 saturated carbocycles. The molecule has 10 nitrogen and oxygen atoms in total. The summed E-state index contributed by atoms with van der Waals surface area (Å²) in [5.74, 6) is 0.199. The molecule has 236 valence electrons. The van der Waals surface area contributed by atoms with Gasteiger partial charge in [-0.2, -0.15) is 0 Å². The number of nitrogens with one attached hydrogen (secondary N) is 1. The Hall–Kier alpha value is -4.06. The van der Waals surface area contributed by atoms with Gasteiger partial charge in [-0.15, -0.1) is 0 Å². The summed E-state index contributed by atoms with van der Waals surface area (Å²) in [4.78, 5) is 43.3. The minimum atomic E-state index is -0.461. The molecule has 0 spiro atoms. The summed E-state index contributed by atoms with van der Waals surface area (Å²) in [5.41, 5.74) is 3.94. The highest BCUT2D eigenvalue weighted by atomic mass is 79.9. The number of esters is 2. The Labute approximate surface area is 272 Å². The fourth-order valence-electron chi connectivity index (χ4n) is 4.79. The van der Waals surface area contributed by atoms with Gasteiger partial charge in [0.15, 0.2) is 23.0 Å². The molecule has 2 fully saturated rings. The van der Waals surface area contributed by atoms with Crippen molar-refractivity contribution < 1.29 is 19.1 Å². The lowest BCUT2D eigenvalue weighted by Crippen LogP contribution is -2.20. The van der Waals surface area contributed by atoms with Gasteiger partial charge in [0.2, 0.25) is 0 Å². The molecule has 2 saturated heterocycles. The van der Waals surface area contributed by atoms with Gasteiger partial charge in [0.25, 0.3) is 0 Å². The van der Waals surface area contributed by atoms with Crippen LogP contribution in [0.5, 0.6) is 0 Å². The maximum absolute atomic E-state index is 11.9. The molecule has 0 atom stereocenters. The fourth-order valence-corrected chi connectivity index (χ4v) is 5.08. The molecule has 0 aliphatic carbocycles. The maximum atomic E-state index is 11.9. The topological polar surface area (TPSA) is 119 Å². The second-order valence-corrected chi connectivity index (χ2v) is 11.0. The van der Waals surface area contributed by atoms with Crippen molar-refractivity contribution in [2.24, 2.45) is 0 Å². The molecular weight excluding hydrogens is 636 g/mol. The second kappa shape index (κ2) is 18.0. The number of carbonyl (C=O) groups is 2. The summed E-state index contributed by atoms with van der Waals surface area (Å²) in [6.45, 7) is 5.41. The quantitative estimate of drug-likeness (QED) is 0.193. The van der Waals surface area contributed by atoms with Crippen molar-refractivity contribution in [3.8, 4) is 22.8 Å². The number of methoxy groups -OCH3 is 2. The van der Waals surface area contributed by atoms with E-state index in [1.54, 1.807) is 12.1 Å². The smallest absolute Gasteiger partial charge is 0.356 e. The SMILES string of the molecule is C1CCNC1.COC(=O)c1cc(CBr)nc(-c2ccccc2)n1.COC(=O)c1cc(CN2CCCC2)nc(-c2ccccc2)n1. The van der Waals surface area contributed by atoms with E-state index in [0.29, 0.717) is 22.7 Å². The average Bonchev–Trinajstić information content (AvgIpc) is 3.86. The molecule has 2 aromatic heterocycles. The van der Waals surface area contributed by atoms with Crippen molar-refractivity contribution in [3.05, 3.63) is 95.6 Å². The Morgan fingerprint density at radius 1 is 0.711 bits per heavy atom. The van der Waals surface area contributed by atoms with Crippen LogP contribution in [-0.4, -0.2) is 77.2 Å². The summed E-state index contributed by atoms with van der Waals surface area (Å²) >= 11 is 3.33. The molecule has 2 aliphatic heterocycles. The van der Waals surface area contributed by atoms with Crippen LogP contribution in [0.4, 0.5) is 0 Å². The first-order valence-corrected chi connectivity index (χ1v) is 16.1. The molecule has 11 heteroatoms. The van der Waals surface area contributed by atoms with Crippen molar-refractivity contribution in [1.82, 2.24) is 30.2 Å². The van der Waals surface area contributed by atoms with Gasteiger partial charge in [0.1, 0.15) is 0 Å². The zero-order chi connectivity index (χ0) is 31.9. The van der Waals surface area contributed by atoms with E-state index in [2.05, 4.69) is 50.8 Å². The molecule has 4 heterocycles. The molecule has 2 aliphatic rings. The van der Waals surface area contributed by atoms with Crippen LogP contribution in [0.3, 0.4) is 0 Å². The van der Waals surface area contributed by atoms with E-state index in [-0.39, 0.29) is 5.69 Å². The van der Waals surface area contributed by atoms with Crippen LogP contribution in [0.2, 0.25) is 0 Å². The number of likely N-dealkylation sites (tertiary alicyclic amines) is 1. The average molecular weight is 676 g/mol. The van der Waals surface area contributed by atoms with Crippen LogP contribution in [0.1, 0.15) is 58.0 Å². The van der Waals surface area contributed by atoms with E-state index < -0.39 is 11.9 Å². The third kappa shape index (κ3) is 10.5. The van der Waals surface area contributed by atoms with Gasteiger partial charge in [-0.25, -0.2) is 29.5 Å². The summed E-state index contributed by atoms with van der Waals surface area (Å²) in [6.07, 6.45) is 5.22. The normalized spacial score (nSPS) is 14.0. The second-order valence-electron chi connectivity index (χ2n) is 10.4. The molecule has 45 heavy (non-hydrogen) atoms. The highest BCUT2D eigenvalue weighted by molar-refractivity contribution is 9.08. The maximum Gasteiger partial charge on any atom is 0.356 e. The Balaban J connectivity index is 0.000000180. The lowest BCUT2D eigenvalue weighted by molar-refractivity contribution is 0.0585. The number of halogens is 1. The number of carbonyl (C=O) groups excluding carboxylic acids is 2. The highest BCUT2D eigenvalue weighted by Gasteiger charge is 2.17. The van der Waals surface area contributed by atoms with Crippen LogP contribution in [0.25, 0.3) is 22.8 Å². The van der Waals surface area contributed by atoms with Gasteiger partial charge in [-0.3, -0.25) is 4.90 Å². The van der Waals surface area contributed by atoms with E-state index >= 15 is 0 Å². The largest absolute Gasteiger partial charge is 0.464 e. The van der Waals surface area contributed by atoms with Gasteiger partial charge in [0.05, 0.1) is 25.6 Å². The molecule has 2 aromatic carbocycles. The highest BCUT2D eigenvalue weighted by Crippen LogP contribution is 2.19. The number of ether oxygens (including phenoxy) is 2. The first-order chi connectivity index (χ1) is 22.0. The van der Waals surface area contributed by atoms with Crippen molar-refractivity contribution in [2.75, 3.05) is 40.4 Å². The third-order valence-corrected chi connectivity index (χ3v) is 7.66. The number of hydrogen-bond donors (Lipinski definition) is 1. The summed E-state index contributed by atoms with van der Waals surface area (Å²) < 4.78 is 9.49. The van der Waals surface area contributed by atoms with E-state index in [1.165, 1.54) is 53.0 Å². The Morgan fingerprint density at radius 3 is 1.60 bits per heavy atom. The molecule has 0 unspecified atom stereocenters. The number of benzene rings is 2. The van der Waals surface area contributed by atoms with E-state index in [1.807, 2.05) is 60.7 Å². The standard InChI is InChI=1S/C17H19N3O2.C13H11BrN2O2.C4H9N/c1-22-17(21)15-11-14(12-20-9-5-6-10-20)18-16(19-15)13-7-3-2-4-8-13;1-18-13(17)11-7-10(8-14)15-12(16-11)9-5-3-2-4-6-9;1-2-4-5-3-1/h2-4,7-8,11H,5-6,9-10,12H2,1H3;2-7H,8H2,1H3;5H,1-4H2. The van der Waals surface area contributed by atoms with Gasteiger partial charge < -0.3 is 14.8 Å². The molecule has 6 rings (SSSR count). The Morgan fingerprint density at radius 2 is 1.18 bits per heavy atom. The summed E-state index contributed by atoms with van der Waals surface area (Å²) in [5, 5.41) is 3.78. The van der Waals surface area contributed by atoms with Gasteiger partial charge in [0, 0.05) is 23.0 Å². The third-order valence-electron chi connectivity index (χ3n) is 7.09. The van der Waals surface area contributed by atoms with Crippen molar-refractivity contribution in [2.45, 2.75) is 37.6 Å². The predicted molar refractivity (Wildman–Crippen MR) is 177 cm³/mol. The van der Waals surface area contributed by atoms with Gasteiger partial charge in [-0.05, 0) is 64.0 Å². The van der Waals surface area contributed by atoms with Crippen LogP contribution in [0, 0.1) is 0 Å². The fraction of sp³-hybridized carbons (Fsp3) is 0.353. The first-order valence-electron chi connectivity index (χ1n) is 15.0. The van der Waals surface area contributed by atoms with Crippen LogP contribution >= 0.6 is 15.9 Å². The van der Waals surface area contributed by atoms with Crippen LogP contribution in [0.15, 0.2) is 72.8 Å². The van der Waals surface area contributed by atoms with E-state index in [0.717, 1.165) is 42.1 Å². The number of hydrogen-bond acceptors (Lipinski definition) is 10. The Kier molecular flexibility index (Phi) is 13.6. The van der Waals surface area contributed by atoms with E-state index in [4.69, 9.17) is 4.74 Å². The van der Waals surface area contributed by atoms with Crippen molar-refractivity contribution in [3.63, 3.8) is 0 Å². The lowest BCUT2D eigenvalue weighted by Gasteiger charge is -2.15. The lowest BCUT2D eigenvalue weighted by atomic mass is 10.2. The molecule has 0 radical (unpaired) electrons. The van der Waals surface area contributed by atoms with Crippen molar-refractivity contribution >= 4 is 27.9 Å². The summed E-state index contributed by atoms with van der Waals surface area (Å²) in [6, 6.07) is 22.6. The molecule has 0 bridgehead atoms. The number of rotatable bonds is 7. The minimum absolute atomic E-state index is 0.265. The minimum Gasteiger partial charge on any atom is -0.464 e. The summed E-state index contributed by atoms with van der Waals surface area (Å²) in [7, 11) is 2.70. The van der Waals surface area contributed by atoms with Gasteiger partial charge in [-0.1, -0.05) is 76.6 Å². The molecule has 0 amide bonds. The number of nitrogens with zero attached hydrogens (tertiary/aromatic N) is 5. The number of aromatic nitrogens is 4.